The van der Waals surface area contributed by atoms with Crippen LogP contribution < -0.4 is 4.72 Å². The summed E-state index contributed by atoms with van der Waals surface area (Å²) in [6, 6.07) is 15.8. The van der Waals surface area contributed by atoms with E-state index in [4.69, 9.17) is 11.6 Å². The second-order valence-electron chi connectivity index (χ2n) is 8.06. The van der Waals surface area contributed by atoms with Crippen molar-refractivity contribution in [3.8, 4) is 11.1 Å². The Morgan fingerprint density at radius 2 is 1.97 bits per heavy atom. The normalized spacial score (nSPS) is 24.3. The molecule has 0 spiro atoms. The van der Waals surface area contributed by atoms with Gasteiger partial charge >= 0.3 is 0 Å². The van der Waals surface area contributed by atoms with E-state index < -0.39 is 10.0 Å². The lowest BCUT2D eigenvalue weighted by molar-refractivity contribution is -0.133. The van der Waals surface area contributed by atoms with E-state index in [0.29, 0.717) is 18.1 Å². The van der Waals surface area contributed by atoms with E-state index in [2.05, 4.69) is 16.9 Å². The number of carbonyl (C=O) groups excluding carboxylic acids is 1. The number of amides is 1. The average molecular weight is 433 g/mol. The van der Waals surface area contributed by atoms with Crippen molar-refractivity contribution in [2.24, 2.45) is 5.92 Å². The molecule has 1 aliphatic heterocycles. The van der Waals surface area contributed by atoms with Gasteiger partial charge in [0.2, 0.25) is 15.9 Å². The molecule has 2 aromatic carbocycles. The van der Waals surface area contributed by atoms with Crippen LogP contribution in [0.4, 0.5) is 0 Å². The second-order valence-corrected chi connectivity index (χ2v) is 10.3. The largest absolute Gasteiger partial charge is 0.341 e. The van der Waals surface area contributed by atoms with Gasteiger partial charge in [-0.3, -0.25) is 4.79 Å². The molecule has 1 heterocycles. The van der Waals surface area contributed by atoms with E-state index in [-0.39, 0.29) is 23.8 Å². The van der Waals surface area contributed by atoms with Crippen molar-refractivity contribution in [1.82, 2.24) is 9.62 Å². The van der Waals surface area contributed by atoms with Crippen LogP contribution in [0.3, 0.4) is 0 Å². The lowest BCUT2D eigenvalue weighted by Crippen LogP contribution is -2.49. The van der Waals surface area contributed by atoms with Crippen molar-refractivity contribution >= 4 is 27.5 Å². The van der Waals surface area contributed by atoms with Crippen LogP contribution in [0.1, 0.15) is 30.7 Å². The first-order valence-electron chi connectivity index (χ1n) is 9.93. The first-order chi connectivity index (χ1) is 13.8. The first kappa shape index (κ1) is 20.4. The van der Waals surface area contributed by atoms with Crippen molar-refractivity contribution < 1.29 is 13.2 Å². The van der Waals surface area contributed by atoms with Crippen molar-refractivity contribution in [3.05, 3.63) is 59.1 Å². The third kappa shape index (κ3) is 4.82. The van der Waals surface area contributed by atoms with Gasteiger partial charge in [-0.1, -0.05) is 48.0 Å². The molecule has 1 aliphatic carbocycles. The summed E-state index contributed by atoms with van der Waals surface area (Å²) in [6.07, 6.45) is 3.58. The van der Waals surface area contributed by atoms with E-state index >= 15 is 0 Å². The molecule has 1 N–H and O–H groups in total. The number of likely N-dealkylation sites (tertiary alicyclic amines) is 1. The summed E-state index contributed by atoms with van der Waals surface area (Å²) in [6.45, 7) is 1.14. The summed E-state index contributed by atoms with van der Waals surface area (Å²) in [5.74, 6) is 0.296. The molecular weight excluding hydrogens is 408 g/mol. The van der Waals surface area contributed by atoms with E-state index in [9.17, 15) is 13.2 Å². The van der Waals surface area contributed by atoms with Crippen molar-refractivity contribution in [1.29, 1.82) is 0 Å². The zero-order valence-corrected chi connectivity index (χ0v) is 17.9. The molecule has 1 saturated carbocycles. The van der Waals surface area contributed by atoms with Gasteiger partial charge in [-0.15, -0.1) is 0 Å². The summed E-state index contributed by atoms with van der Waals surface area (Å²) in [5.41, 5.74) is 3.35. The van der Waals surface area contributed by atoms with Crippen LogP contribution in [0.15, 0.2) is 48.5 Å². The van der Waals surface area contributed by atoms with Crippen molar-refractivity contribution in [3.63, 3.8) is 0 Å². The molecule has 2 fully saturated rings. The van der Waals surface area contributed by atoms with E-state index in [1.165, 1.54) is 5.56 Å². The molecule has 7 heteroatoms. The Bertz CT molecular complexity index is 1020. The number of halogens is 1. The highest BCUT2D eigenvalue weighted by Crippen LogP contribution is 2.51. The molecule has 29 heavy (non-hydrogen) atoms. The smallest absolute Gasteiger partial charge is 0.226 e. The molecule has 5 nitrogen and oxygen atoms in total. The summed E-state index contributed by atoms with van der Waals surface area (Å²) >= 11 is 6.17. The van der Waals surface area contributed by atoms with Crippen molar-refractivity contribution in [2.75, 3.05) is 19.3 Å². The lowest BCUT2D eigenvalue weighted by atomic mass is 9.95. The van der Waals surface area contributed by atoms with Gasteiger partial charge in [-0.2, -0.15) is 0 Å². The van der Waals surface area contributed by atoms with Crippen LogP contribution >= 0.6 is 11.6 Å². The highest BCUT2D eigenvalue weighted by atomic mass is 35.5. The minimum absolute atomic E-state index is 0.0349. The third-order valence-electron chi connectivity index (χ3n) is 5.72. The topological polar surface area (TPSA) is 66.5 Å². The second kappa shape index (κ2) is 8.09. The highest BCUT2D eigenvalue weighted by molar-refractivity contribution is 7.88. The molecule has 0 aromatic heterocycles. The zero-order chi connectivity index (χ0) is 20.6. The molecule has 4 rings (SSSR count). The van der Waals surface area contributed by atoms with Crippen LogP contribution in [0.5, 0.6) is 0 Å². The van der Waals surface area contributed by atoms with Crippen LogP contribution in [0.2, 0.25) is 5.02 Å². The highest BCUT2D eigenvalue weighted by Gasteiger charge is 2.47. The fraction of sp³-hybridized carbons (Fsp3) is 0.409. The van der Waals surface area contributed by atoms with E-state index in [1.807, 2.05) is 41.3 Å². The molecule has 2 aromatic rings. The maximum atomic E-state index is 13.1. The standard InChI is InChI=1S/C22H25ClN2O3S/c1-29(27,28)24-17-8-5-11-25(14-17)22(26)21-13-20(21)19-10-3-2-9-18(19)15-6-4-7-16(23)12-15/h2-4,6-7,9-10,12,17,20-21,24H,5,8,11,13-14H2,1H3/t17-,20+,21-/m1/s1. The van der Waals surface area contributed by atoms with Gasteiger partial charge in [0, 0.05) is 30.1 Å². The SMILES string of the molecule is CS(=O)(=O)N[C@@H]1CCCN(C(=O)[C@@H]2C[C@H]2c2ccccc2-c2cccc(Cl)c2)C1. The number of rotatable bonds is 5. The molecule has 1 amide bonds. The van der Waals surface area contributed by atoms with Crippen LogP contribution in [-0.2, 0) is 14.8 Å². The van der Waals surface area contributed by atoms with Crippen LogP contribution in [0.25, 0.3) is 11.1 Å². The zero-order valence-electron chi connectivity index (χ0n) is 16.3. The summed E-state index contributed by atoms with van der Waals surface area (Å²) < 4.78 is 25.7. The average Bonchev–Trinajstić information content (AvgIpc) is 3.47. The molecule has 0 unspecified atom stereocenters. The number of hydrogen-bond acceptors (Lipinski definition) is 3. The Balaban J connectivity index is 1.48. The molecule has 154 valence electrons. The Labute approximate surface area is 177 Å². The lowest BCUT2D eigenvalue weighted by Gasteiger charge is -2.33. The fourth-order valence-corrected chi connectivity index (χ4v) is 5.35. The Hall–Kier alpha value is -1.89. The molecule has 0 radical (unpaired) electrons. The molecule has 1 saturated heterocycles. The van der Waals surface area contributed by atoms with E-state index in [0.717, 1.165) is 36.6 Å². The summed E-state index contributed by atoms with van der Waals surface area (Å²) in [7, 11) is -3.27. The predicted molar refractivity (Wildman–Crippen MR) is 115 cm³/mol. The van der Waals surface area contributed by atoms with Gasteiger partial charge < -0.3 is 4.90 Å². The van der Waals surface area contributed by atoms with Gasteiger partial charge in [0.05, 0.1) is 6.26 Å². The number of carbonyl (C=O) groups is 1. The fourth-order valence-electron chi connectivity index (χ4n) is 4.36. The van der Waals surface area contributed by atoms with E-state index in [1.54, 1.807) is 0 Å². The van der Waals surface area contributed by atoms with Gasteiger partial charge in [-0.05, 0) is 54.0 Å². The number of benzene rings is 2. The predicted octanol–water partition coefficient (Wildman–Crippen LogP) is 3.65. The minimum Gasteiger partial charge on any atom is -0.341 e. The monoisotopic (exact) mass is 432 g/mol. The summed E-state index contributed by atoms with van der Waals surface area (Å²) in [5, 5.41) is 0.693. The molecule has 0 bridgehead atoms. The van der Waals surface area contributed by atoms with Gasteiger partial charge in [0.1, 0.15) is 0 Å². The van der Waals surface area contributed by atoms with Gasteiger partial charge in [-0.25, -0.2) is 13.1 Å². The maximum absolute atomic E-state index is 13.1. The number of nitrogens with one attached hydrogen (secondary N) is 1. The quantitative estimate of drug-likeness (QED) is 0.784. The number of sulfonamides is 1. The third-order valence-corrected chi connectivity index (χ3v) is 6.71. The summed E-state index contributed by atoms with van der Waals surface area (Å²) in [4.78, 5) is 14.9. The van der Waals surface area contributed by atoms with Gasteiger partial charge in [0.15, 0.2) is 0 Å². The Kier molecular flexibility index (Phi) is 5.69. The Morgan fingerprint density at radius 3 is 2.72 bits per heavy atom. The number of hydrogen-bond donors (Lipinski definition) is 1. The molecular formula is C22H25ClN2O3S. The number of nitrogens with zero attached hydrogens (tertiary/aromatic N) is 1. The first-order valence-corrected chi connectivity index (χ1v) is 12.2. The molecule has 2 aliphatic rings. The molecule has 3 atom stereocenters. The van der Waals surface area contributed by atoms with Gasteiger partial charge in [0.25, 0.3) is 0 Å². The Morgan fingerprint density at radius 1 is 1.17 bits per heavy atom. The van der Waals surface area contributed by atoms with Crippen molar-refractivity contribution in [2.45, 2.75) is 31.2 Å². The van der Waals surface area contributed by atoms with Crippen LogP contribution in [0, 0.1) is 5.92 Å². The maximum Gasteiger partial charge on any atom is 0.226 e. The number of piperidine rings is 1. The minimum atomic E-state index is -3.27. The van der Waals surface area contributed by atoms with Crippen LogP contribution in [-0.4, -0.2) is 44.6 Å².